The summed E-state index contributed by atoms with van der Waals surface area (Å²) in [6.07, 6.45) is 5.14. The number of hydrogen-bond donors (Lipinski definition) is 0. The Kier molecular flexibility index (Phi) is 6.18. The van der Waals surface area contributed by atoms with Crippen LogP contribution in [0.3, 0.4) is 0 Å². The molecule has 21 heavy (non-hydrogen) atoms. The number of aryl methyl sites for hydroxylation is 2. The average molecular weight is 310 g/mol. The summed E-state index contributed by atoms with van der Waals surface area (Å²) in [5.41, 5.74) is 1.01. The third-order valence-corrected chi connectivity index (χ3v) is 5.22. The fraction of sp³-hybridized carbons (Fsp3) is 0.750. The minimum Gasteiger partial charge on any atom is -0.385 e. The molecule has 0 aromatic carbocycles. The number of thiazole rings is 1. The van der Waals surface area contributed by atoms with E-state index in [2.05, 4.69) is 9.88 Å². The zero-order chi connectivity index (χ0) is 15.2. The summed E-state index contributed by atoms with van der Waals surface area (Å²) in [6, 6.07) is 0. The minimum absolute atomic E-state index is 0.262. The number of aromatic nitrogens is 1. The summed E-state index contributed by atoms with van der Waals surface area (Å²) in [5.74, 6) is 0.903. The van der Waals surface area contributed by atoms with E-state index < -0.39 is 0 Å². The van der Waals surface area contributed by atoms with Crippen LogP contribution in [-0.4, -0.2) is 42.6 Å². The number of ether oxygens (including phenoxy) is 1. The Morgan fingerprint density at radius 3 is 2.95 bits per heavy atom. The second-order valence-corrected chi connectivity index (χ2v) is 7.19. The van der Waals surface area contributed by atoms with Gasteiger partial charge in [0.1, 0.15) is 0 Å². The SMILES string of the molecule is COCCCC1CCCN(C(=O)Cc2sc(C)nc2C)C1. The van der Waals surface area contributed by atoms with Crippen LogP contribution in [0, 0.1) is 19.8 Å². The maximum atomic E-state index is 12.5. The number of nitrogens with zero attached hydrogens (tertiary/aromatic N) is 2. The molecule has 1 saturated heterocycles. The highest BCUT2D eigenvalue weighted by Gasteiger charge is 2.24. The maximum absolute atomic E-state index is 12.5. The van der Waals surface area contributed by atoms with Crippen molar-refractivity contribution in [1.29, 1.82) is 0 Å². The van der Waals surface area contributed by atoms with Gasteiger partial charge in [-0.25, -0.2) is 4.98 Å². The Morgan fingerprint density at radius 2 is 2.29 bits per heavy atom. The van der Waals surface area contributed by atoms with Crippen LogP contribution in [0.5, 0.6) is 0 Å². The molecule has 1 aromatic rings. The molecular weight excluding hydrogens is 284 g/mol. The smallest absolute Gasteiger partial charge is 0.227 e. The minimum atomic E-state index is 0.262. The Bertz CT molecular complexity index is 473. The van der Waals surface area contributed by atoms with Gasteiger partial charge in [0.2, 0.25) is 5.91 Å². The first-order valence-electron chi connectivity index (χ1n) is 7.79. The van der Waals surface area contributed by atoms with Crippen LogP contribution in [0.4, 0.5) is 0 Å². The van der Waals surface area contributed by atoms with E-state index in [4.69, 9.17) is 4.74 Å². The summed E-state index contributed by atoms with van der Waals surface area (Å²) in [7, 11) is 1.75. The van der Waals surface area contributed by atoms with Crippen LogP contribution in [0.2, 0.25) is 0 Å². The fourth-order valence-electron chi connectivity index (χ4n) is 3.03. The van der Waals surface area contributed by atoms with E-state index in [1.807, 2.05) is 13.8 Å². The number of piperidine rings is 1. The highest BCUT2D eigenvalue weighted by molar-refractivity contribution is 7.11. The fourth-order valence-corrected chi connectivity index (χ4v) is 3.96. The van der Waals surface area contributed by atoms with Gasteiger partial charge in [-0.2, -0.15) is 0 Å². The Labute approximate surface area is 131 Å². The normalized spacial score (nSPS) is 19.0. The first-order chi connectivity index (χ1) is 10.1. The van der Waals surface area contributed by atoms with Gasteiger partial charge in [0.25, 0.3) is 0 Å². The molecule has 0 aliphatic carbocycles. The number of amides is 1. The standard InChI is InChI=1S/C16H26N2O2S/c1-12-15(21-13(2)17-12)10-16(19)18-8-4-6-14(11-18)7-5-9-20-3/h14H,4-11H2,1-3H3. The lowest BCUT2D eigenvalue weighted by Gasteiger charge is -2.33. The largest absolute Gasteiger partial charge is 0.385 e. The van der Waals surface area contributed by atoms with Gasteiger partial charge in [-0.05, 0) is 45.4 Å². The number of methoxy groups -OCH3 is 1. The molecule has 5 heteroatoms. The zero-order valence-electron chi connectivity index (χ0n) is 13.4. The van der Waals surface area contributed by atoms with Gasteiger partial charge in [0.15, 0.2) is 0 Å². The van der Waals surface area contributed by atoms with Crippen LogP contribution in [0.1, 0.15) is 41.3 Å². The van der Waals surface area contributed by atoms with Gasteiger partial charge < -0.3 is 9.64 Å². The molecule has 0 radical (unpaired) electrons. The van der Waals surface area contributed by atoms with Crippen LogP contribution < -0.4 is 0 Å². The molecule has 0 spiro atoms. The molecule has 1 amide bonds. The van der Waals surface area contributed by atoms with E-state index >= 15 is 0 Å². The third-order valence-electron chi connectivity index (χ3n) is 4.14. The molecule has 0 saturated carbocycles. The molecule has 1 fully saturated rings. The van der Waals surface area contributed by atoms with Crippen molar-refractivity contribution < 1.29 is 9.53 Å². The molecule has 1 aliphatic rings. The van der Waals surface area contributed by atoms with Crippen molar-refractivity contribution in [3.63, 3.8) is 0 Å². The molecule has 1 aromatic heterocycles. The summed E-state index contributed by atoms with van der Waals surface area (Å²) in [4.78, 5) is 20.1. The molecule has 2 heterocycles. The highest BCUT2D eigenvalue weighted by Crippen LogP contribution is 2.23. The Balaban J connectivity index is 1.85. The van der Waals surface area contributed by atoms with Gasteiger partial charge in [-0.15, -0.1) is 11.3 Å². The summed E-state index contributed by atoms with van der Waals surface area (Å²) in [5, 5.41) is 1.05. The van der Waals surface area contributed by atoms with E-state index in [1.54, 1.807) is 18.4 Å². The molecule has 1 aliphatic heterocycles. The molecule has 118 valence electrons. The molecule has 1 atom stereocenters. The molecule has 0 bridgehead atoms. The summed E-state index contributed by atoms with van der Waals surface area (Å²) < 4.78 is 5.12. The van der Waals surface area contributed by atoms with Gasteiger partial charge in [0, 0.05) is 31.7 Å². The van der Waals surface area contributed by atoms with E-state index in [-0.39, 0.29) is 5.91 Å². The van der Waals surface area contributed by atoms with Crippen molar-refractivity contribution >= 4 is 17.2 Å². The van der Waals surface area contributed by atoms with Crippen molar-refractivity contribution in [2.45, 2.75) is 46.0 Å². The van der Waals surface area contributed by atoms with E-state index in [9.17, 15) is 4.79 Å². The molecule has 2 rings (SSSR count). The van der Waals surface area contributed by atoms with Gasteiger partial charge in [-0.1, -0.05) is 0 Å². The molecular formula is C16H26N2O2S. The third kappa shape index (κ3) is 4.78. The van der Waals surface area contributed by atoms with Crippen LogP contribution in [0.25, 0.3) is 0 Å². The first-order valence-corrected chi connectivity index (χ1v) is 8.61. The van der Waals surface area contributed by atoms with Gasteiger partial charge >= 0.3 is 0 Å². The monoisotopic (exact) mass is 310 g/mol. The van der Waals surface area contributed by atoms with Crippen molar-refractivity contribution in [1.82, 2.24) is 9.88 Å². The van der Waals surface area contributed by atoms with Crippen LogP contribution in [-0.2, 0) is 16.0 Å². The number of likely N-dealkylation sites (tertiary alicyclic amines) is 1. The maximum Gasteiger partial charge on any atom is 0.227 e. The number of rotatable bonds is 6. The lowest BCUT2D eigenvalue weighted by atomic mass is 9.93. The molecule has 4 nitrogen and oxygen atoms in total. The van der Waals surface area contributed by atoms with Crippen molar-refractivity contribution in [2.24, 2.45) is 5.92 Å². The zero-order valence-corrected chi connectivity index (χ0v) is 14.2. The van der Waals surface area contributed by atoms with Gasteiger partial charge in [-0.3, -0.25) is 4.79 Å². The number of carbonyl (C=O) groups is 1. The first kappa shape index (κ1) is 16.4. The highest BCUT2D eigenvalue weighted by atomic mass is 32.1. The lowest BCUT2D eigenvalue weighted by Crippen LogP contribution is -2.40. The van der Waals surface area contributed by atoms with Crippen molar-refractivity contribution in [3.8, 4) is 0 Å². The second kappa shape index (κ2) is 7.90. The quantitative estimate of drug-likeness (QED) is 0.759. The second-order valence-electron chi connectivity index (χ2n) is 5.90. The lowest BCUT2D eigenvalue weighted by molar-refractivity contribution is -0.132. The van der Waals surface area contributed by atoms with Crippen molar-refractivity contribution in [3.05, 3.63) is 15.6 Å². The van der Waals surface area contributed by atoms with E-state index in [1.165, 1.54) is 6.42 Å². The van der Waals surface area contributed by atoms with E-state index in [0.717, 1.165) is 54.5 Å². The average Bonchev–Trinajstić information content (AvgIpc) is 2.77. The number of carbonyl (C=O) groups excluding carboxylic acids is 1. The summed E-state index contributed by atoms with van der Waals surface area (Å²) in [6.45, 7) is 6.65. The summed E-state index contributed by atoms with van der Waals surface area (Å²) >= 11 is 1.65. The van der Waals surface area contributed by atoms with Gasteiger partial charge in [0.05, 0.1) is 17.1 Å². The Hall–Kier alpha value is -0.940. The van der Waals surface area contributed by atoms with Crippen LogP contribution in [0.15, 0.2) is 0 Å². The Morgan fingerprint density at radius 1 is 1.48 bits per heavy atom. The molecule has 0 N–H and O–H groups in total. The van der Waals surface area contributed by atoms with Crippen LogP contribution >= 0.6 is 11.3 Å². The number of hydrogen-bond acceptors (Lipinski definition) is 4. The van der Waals surface area contributed by atoms with Crippen molar-refractivity contribution in [2.75, 3.05) is 26.8 Å². The predicted molar refractivity (Wildman–Crippen MR) is 85.7 cm³/mol. The topological polar surface area (TPSA) is 42.4 Å². The molecule has 1 unspecified atom stereocenters. The predicted octanol–water partition coefficient (Wildman–Crippen LogP) is 2.97. The van der Waals surface area contributed by atoms with E-state index in [0.29, 0.717) is 12.3 Å².